The van der Waals surface area contributed by atoms with Gasteiger partial charge in [0.2, 0.25) is 0 Å². The van der Waals surface area contributed by atoms with E-state index >= 15 is 0 Å². The van der Waals surface area contributed by atoms with Gasteiger partial charge in [-0.15, -0.1) is 11.3 Å². The lowest BCUT2D eigenvalue weighted by molar-refractivity contribution is -0.137. The minimum absolute atomic E-state index is 0.0916. The van der Waals surface area contributed by atoms with Crippen molar-refractivity contribution in [3.8, 4) is 11.1 Å². The highest BCUT2D eigenvalue weighted by Crippen LogP contribution is 2.48. The summed E-state index contributed by atoms with van der Waals surface area (Å²) in [7, 11) is 0. The first-order valence-corrected chi connectivity index (χ1v) is 16.0. The number of pyridine rings is 1. The van der Waals surface area contributed by atoms with Crippen molar-refractivity contribution in [2.75, 3.05) is 18.0 Å². The number of nitrogens with zero attached hydrogens (tertiary/aromatic N) is 4. The van der Waals surface area contributed by atoms with Crippen LogP contribution in [0, 0.1) is 0 Å². The Balaban J connectivity index is 1.24. The number of aromatic nitrogens is 3. The summed E-state index contributed by atoms with van der Waals surface area (Å²) in [5.41, 5.74) is 2.40. The smallest absolute Gasteiger partial charge is 0.366 e. The van der Waals surface area contributed by atoms with Crippen molar-refractivity contribution in [2.24, 2.45) is 0 Å². The van der Waals surface area contributed by atoms with Crippen molar-refractivity contribution in [2.45, 2.75) is 81.7 Å². The molecule has 1 saturated heterocycles. The normalized spacial score (nSPS) is 21.4. The zero-order valence-electron chi connectivity index (χ0n) is 23.6. The molecule has 0 radical (unpaired) electrons. The van der Waals surface area contributed by atoms with Gasteiger partial charge in [-0.3, -0.25) is 18.9 Å². The number of halogens is 3. The number of anilines is 1. The first kappa shape index (κ1) is 27.1. The van der Waals surface area contributed by atoms with Crippen LogP contribution in [0.25, 0.3) is 21.3 Å². The van der Waals surface area contributed by atoms with Gasteiger partial charge >= 0.3 is 11.9 Å². The number of nitrogens with one attached hydrogen (secondary N) is 1. The van der Waals surface area contributed by atoms with Gasteiger partial charge in [0.15, 0.2) is 0 Å². The summed E-state index contributed by atoms with van der Waals surface area (Å²) in [5.74, 6) is 0. The van der Waals surface area contributed by atoms with Crippen LogP contribution < -0.4 is 21.5 Å². The lowest BCUT2D eigenvalue weighted by atomic mass is 9.75. The maximum absolute atomic E-state index is 14.2. The van der Waals surface area contributed by atoms with Gasteiger partial charge in [-0.1, -0.05) is 0 Å². The van der Waals surface area contributed by atoms with E-state index in [2.05, 4.69) is 15.2 Å². The highest BCUT2D eigenvalue weighted by atomic mass is 32.1. The van der Waals surface area contributed by atoms with E-state index in [1.807, 2.05) is 6.07 Å². The van der Waals surface area contributed by atoms with Crippen molar-refractivity contribution in [1.82, 2.24) is 19.4 Å². The molecule has 2 aliphatic carbocycles. The van der Waals surface area contributed by atoms with E-state index in [1.54, 1.807) is 23.0 Å². The van der Waals surface area contributed by atoms with Crippen LogP contribution in [0.5, 0.6) is 0 Å². The predicted octanol–water partition coefficient (Wildman–Crippen LogP) is 5.73. The van der Waals surface area contributed by atoms with Crippen LogP contribution in [0.15, 0.2) is 52.3 Å². The van der Waals surface area contributed by atoms with Crippen LogP contribution in [0.3, 0.4) is 0 Å². The van der Waals surface area contributed by atoms with Gasteiger partial charge in [0.1, 0.15) is 0 Å². The molecule has 224 valence electrons. The minimum atomic E-state index is -4.47. The number of thiophene rings is 1. The standard InChI is InChI=1S/C32H32F3N5O2S/c33-32(34,35)20-13-19-3-1-11-38(22-16-31(37-17-22)8-2-9-31)28(19)25(14-20)24-6-10-36-26-15-23(43-29(24)26)18-40-27(41)7-12-39(30(40)42)21-4-5-21/h6-7,10,12-15,21-22,37H,1-5,8-9,11,16-18H2/t22-/m0/s1. The largest absolute Gasteiger partial charge is 0.416 e. The molecule has 0 bridgehead atoms. The molecule has 1 N–H and O–H groups in total. The summed E-state index contributed by atoms with van der Waals surface area (Å²) in [6.45, 7) is 1.73. The van der Waals surface area contributed by atoms with Crippen molar-refractivity contribution >= 4 is 27.2 Å². The molecule has 3 fully saturated rings. The summed E-state index contributed by atoms with van der Waals surface area (Å²) in [4.78, 5) is 33.5. The molecule has 2 aliphatic heterocycles. The molecule has 8 rings (SSSR count). The number of alkyl halides is 3. The third-order valence-electron chi connectivity index (χ3n) is 9.84. The molecule has 5 heterocycles. The Morgan fingerprint density at radius 3 is 2.60 bits per heavy atom. The molecule has 7 nitrogen and oxygen atoms in total. The van der Waals surface area contributed by atoms with Crippen LogP contribution >= 0.6 is 11.3 Å². The van der Waals surface area contributed by atoms with E-state index in [1.165, 1.54) is 40.5 Å². The first-order chi connectivity index (χ1) is 20.7. The number of fused-ring (bicyclic) bond motifs is 2. The van der Waals surface area contributed by atoms with Crippen LogP contribution in [0.2, 0.25) is 0 Å². The number of aryl methyl sites for hydroxylation is 1. The van der Waals surface area contributed by atoms with Gasteiger partial charge in [0.05, 0.1) is 22.3 Å². The average Bonchev–Trinajstić information content (AvgIpc) is 3.54. The minimum Gasteiger partial charge on any atom is -0.366 e. The molecule has 11 heteroatoms. The Hall–Kier alpha value is -3.44. The van der Waals surface area contributed by atoms with Crippen LogP contribution in [0.4, 0.5) is 18.9 Å². The van der Waals surface area contributed by atoms with Gasteiger partial charge in [-0.05, 0) is 81.2 Å². The quantitative estimate of drug-likeness (QED) is 0.314. The molecule has 2 saturated carbocycles. The van der Waals surface area contributed by atoms with Crippen LogP contribution in [-0.2, 0) is 19.1 Å². The van der Waals surface area contributed by atoms with Crippen molar-refractivity contribution < 1.29 is 13.2 Å². The molecule has 3 aromatic heterocycles. The molecule has 0 amide bonds. The lowest BCUT2D eigenvalue weighted by Crippen LogP contribution is -2.46. The third-order valence-corrected chi connectivity index (χ3v) is 11.0. The monoisotopic (exact) mass is 607 g/mol. The number of hydrogen-bond acceptors (Lipinski definition) is 6. The molecule has 1 spiro atoms. The number of benzene rings is 1. The van der Waals surface area contributed by atoms with E-state index in [4.69, 9.17) is 0 Å². The summed E-state index contributed by atoms with van der Waals surface area (Å²) in [5, 5.41) is 3.74. The van der Waals surface area contributed by atoms with E-state index in [-0.39, 0.29) is 35.4 Å². The first-order valence-electron chi connectivity index (χ1n) is 15.1. The van der Waals surface area contributed by atoms with Crippen LogP contribution in [0.1, 0.15) is 67.0 Å². The van der Waals surface area contributed by atoms with Crippen molar-refractivity contribution in [3.63, 3.8) is 0 Å². The van der Waals surface area contributed by atoms with Gasteiger partial charge in [0.25, 0.3) is 5.56 Å². The van der Waals surface area contributed by atoms with Gasteiger partial charge in [-0.2, -0.15) is 13.2 Å². The predicted molar refractivity (Wildman–Crippen MR) is 161 cm³/mol. The second-order valence-electron chi connectivity index (χ2n) is 12.6. The number of rotatable bonds is 5. The van der Waals surface area contributed by atoms with Gasteiger partial charge in [-0.25, -0.2) is 4.79 Å². The molecule has 43 heavy (non-hydrogen) atoms. The Morgan fingerprint density at radius 2 is 1.88 bits per heavy atom. The fourth-order valence-electron chi connectivity index (χ4n) is 7.39. The van der Waals surface area contributed by atoms with E-state index in [9.17, 15) is 22.8 Å². The van der Waals surface area contributed by atoms with Crippen LogP contribution in [-0.4, -0.2) is 38.8 Å². The van der Waals surface area contributed by atoms with E-state index < -0.39 is 11.7 Å². The fraction of sp³-hybridized carbons (Fsp3) is 0.469. The fourth-order valence-corrected chi connectivity index (χ4v) is 8.52. The zero-order valence-corrected chi connectivity index (χ0v) is 24.4. The maximum atomic E-state index is 14.2. The second-order valence-corrected chi connectivity index (χ2v) is 13.8. The Bertz CT molecular complexity index is 1870. The summed E-state index contributed by atoms with van der Waals surface area (Å²) in [6, 6.07) is 8.10. The number of hydrogen-bond donors (Lipinski definition) is 1. The third kappa shape index (κ3) is 4.63. The summed E-state index contributed by atoms with van der Waals surface area (Å²) >= 11 is 1.39. The van der Waals surface area contributed by atoms with Gasteiger partial charge < -0.3 is 10.2 Å². The average molecular weight is 608 g/mol. The van der Waals surface area contributed by atoms with Crippen molar-refractivity contribution in [1.29, 1.82) is 0 Å². The molecule has 1 atom stereocenters. The molecule has 1 aromatic carbocycles. The van der Waals surface area contributed by atoms with Gasteiger partial charge in [0, 0.05) is 70.9 Å². The Morgan fingerprint density at radius 1 is 1.05 bits per heavy atom. The summed E-state index contributed by atoms with van der Waals surface area (Å²) < 4.78 is 46.3. The van der Waals surface area contributed by atoms with E-state index in [0.717, 1.165) is 72.4 Å². The molecular weight excluding hydrogens is 575 g/mol. The topological polar surface area (TPSA) is 72.2 Å². The molecule has 4 aromatic rings. The second kappa shape index (κ2) is 9.79. The maximum Gasteiger partial charge on any atom is 0.416 e. The lowest BCUT2D eigenvalue weighted by Gasteiger charge is -2.41. The highest BCUT2D eigenvalue weighted by Gasteiger charge is 2.46. The molecule has 4 aliphatic rings. The molecular formula is C32H32F3N5O2S. The van der Waals surface area contributed by atoms with E-state index in [0.29, 0.717) is 23.1 Å². The Labute approximate surface area is 250 Å². The van der Waals surface area contributed by atoms with Crippen molar-refractivity contribution in [3.05, 3.63) is 79.6 Å². The SMILES string of the molecule is O=c1ccn(C2CC2)c(=O)n1Cc1cc2nccc(-c3cc(C(F)(F)F)cc4c3N([C@@H]3CNC5(CCC5)C3)CCC4)c2s1. The highest BCUT2D eigenvalue weighted by molar-refractivity contribution is 7.19. The summed E-state index contributed by atoms with van der Waals surface area (Å²) in [6.07, 6.45) is 6.53. The Kier molecular flexibility index (Phi) is 6.17. The molecule has 0 unspecified atom stereocenters. The zero-order chi connectivity index (χ0) is 29.5.